The van der Waals surface area contributed by atoms with Gasteiger partial charge in [-0.25, -0.2) is 0 Å². The maximum absolute atomic E-state index is 3.74. The van der Waals surface area contributed by atoms with Gasteiger partial charge in [0.05, 0.1) is 0 Å². The summed E-state index contributed by atoms with van der Waals surface area (Å²) < 4.78 is 0.191. The first-order valence-electron chi connectivity index (χ1n) is 4.43. The molecule has 0 aliphatic heterocycles. The molecule has 0 aromatic rings. The fourth-order valence-corrected chi connectivity index (χ4v) is 4.24. The van der Waals surface area contributed by atoms with Crippen molar-refractivity contribution in [2.24, 2.45) is 0 Å². The van der Waals surface area contributed by atoms with Crippen LogP contribution in [0.25, 0.3) is 0 Å². The van der Waals surface area contributed by atoms with E-state index in [1.807, 2.05) is 53.5 Å². The van der Waals surface area contributed by atoms with Gasteiger partial charge in [0.1, 0.15) is 0 Å². The van der Waals surface area contributed by atoms with Gasteiger partial charge in [-0.05, 0) is 0 Å². The van der Waals surface area contributed by atoms with Gasteiger partial charge in [0.15, 0.2) is 0 Å². The summed E-state index contributed by atoms with van der Waals surface area (Å²) in [6.07, 6.45) is 5.85. The number of hydrogen-bond acceptors (Lipinski definition) is 3. The Hall–Kier alpha value is 0.867. The van der Waals surface area contributed by atoms with E-state index in [0.29, 0.717) is 0 Å². The molecule has 0 radical (unpaired) electrons. The van der Waals surface area contributed by atoms with E-state index in [0.717, 1.165) is 17.3 Å². The first-order valence-corrected chi connectivity index (χ1v) is 7.38. The summed E-state index contributed by atoms with van der Waals surface area (Å²) in [6, 6.07) is 0. The van der Waals surface area contributed by atoms with E-state index in [2.05, 4.69) is 37.5 Å². The van der Waals surface area contributed by atoms with Crippen molar-refractivity contribution >= 4 is 53.0 Å². The van der Waals surface area contributed by atoms with Gasteiger partial charge in [0.2, 0.25) is 0 Å². The Balaban J connectivity index is 4.07. The van der Waals surface area contributed by atoms with Crippen molar-refractivity contribution < 1.29 is 0 Å². The van der Waals surface area contributed by atoms with E-state index in [1.54, 1.807) is 0 Å². The molecule has 0 aliphatic rings. The monoisotopic (exact) mass is 238 g/mol. The standard InChI is InChI=1S/C10H15S3.Li/c1-4-7-11-10(12-8-5-2)13-9-6-3;/h4-6H,1-3,7-9H2;. The van der Waals surface area contributed by atoms with Crippen LogP contribution in [0.4, 0.5) is 0 Å². The van der Waals surface area contributed by atoms with E-state index in [1.165, 1.54) is 0 Å². The number of thioether (sulfide) groups is 3. The average molecular weight is 238 g/mol. The van der Waals surface area contributed by atoms with Gasteiger partial charge in [-0.1, -0.05) is 0 Å². The molecule has 0 bridgehead atoms. The average Bonchev–Trinajstić information content (AvgIpc) is 2.21. The summed E-state index contributed by atoms with van der Waals surface area (Å²) in [5.74, 6) is 2.97. The van der Waals surface area contributed by atoms with Crippen LogP contribution in [0.15, 0.2) is 38.0 Å². The Morgan fingerprint density at radius 1 is 0.857 bits per heavy atom. The third-order valence-electron chi connectivity index (χ3n) is 1.39. The quantitative estimate of drug-likeness (QED) is 0.343. The molecular weight excluding hydrogens is 223 g/mol. The molecule has 0 spiro atoms. The maximum atomic E-state index is 3.74. The van der Waals surface area contributed by atoms with Gasteiger partial charge in [-0.2, -0.15) is 0 Å². The SMILES string of the molecule is [Li][C](SCC=C)(SCC=C)SCC=C. The molecule has 0 nitrogen and oxygen atoms in total. The van der Waals surface area contributed by atoms with Crippen molar-refractivity contribution in [2.75, 3.05) is 17.3 Å². The number of rotatable bonds is 9. The predicted octanol–water partition coefficient (Wildman–Crippen LogP) is 3.52. The molecule has 0 aromatic carbocycles. The summed E-state index contributed by atoms with van der Waals surface area (Å²) >= 11 is 8.00. The van der Waals surface area contributed by atoms with Crippen LogP contribution in [0.5, 0.6) is 0 Å². The van der Waals surface area contributed by atoms with Crippen LogP contribution >= 0.6 is 35.3 Å². The summed E-state index contributed by atoms with van der Waals surface area (Å²) in [7, 11) is 0. The molecule has 0 heterocycles. The fourth-order valence-electron chi connectivity index (χ4n) is 0.756. The molecule has 0 aliphatic carbocycles. The van der Waals surface area contributed by atoms with Crippen molar-refractivity contribution in [2.45, 2.75) is 2.08 Å². The first-order chi connectivity index (χ1) is 6.68. The van der Waals surface area contributed by atoms with Crippen molar-refractivity contribution in [1.82, 2.24) is 0 Å². The minimum absolute atomic E-state index is 0.191. The van der Waals surface area contributed by atoms with E-state index < -0.39 is 0 Å². The van der Waals surface area contributed by atoms with Crippen LogP contribution < -0.4 is 0 Å². The molecule has 0 saturated heterocycles. The molecule has 0 rings (SSSR count). The van der Waals surface area contributed by atoms with E-state index in [9.17, 15) is 0 Å². The van der Waals surface area contributed by atoms with E-state index in [4.69, 9.17) is 0 Å². The second-order valence-electron chi connectivity index (χ2n) is 2.66. The molecule has 0 saturated carbocycles. The Labute approximate surface area is 110 Å². The fraction of sp³-hybridized carbons (Fsp3) is 0.400. The second kappa shape index (κ2) is 9.12. The van der Waals surface area contributed by atoms with E-state index >= 15 is 0 Å². The predicted molar refractivity (Wildman–Crippen MR) is 76.5 cm³/mol. The Morgan fingerprint density at radius 3 is 1.36 bits per heavy atom. The van der Waals surface area contributed by atoms with Crippen molar-refractivity contribution in [3.8, 4) is 0 Å². The van der Waals surface area contributed by atoms with Gasteiger partial charge >= 0.3 is 110 Å². The van der Waals surface area contributed by atoms with Gasteiger partial charge in [-0.3, -0.25) is 0 Å². The molecule has 0 fully saturated rings. The van der Waals surface area contributed by atoms with Crippen molar-refractivity contribution in [3.63, 3.8) is 0 Å². The van der Waals surface area contributed by atoms with Gasteiger partial charge in [-0.15, -0.1) is 0 Å². The molecule has 0 atom stereocenters. The zero-order valence-corrected chi connectivity index (χ0v) is 11.1. The second-order valence-corrected chi connectivity index (χ2v) is 7.75. The molecule has 0 amide bonds. The molecule has 0 N–H and O–H groups in total. The minimum atomic E-state index is 0.191. The molecular formula is C10H15LiS3. The summed E-state index contributed by atoms with van der Waals surface area (Å²) in [5, 5.41) is 0. The Bertz CT molecular complexity index is 161. The molecule has 4 heteroatoms. The zero-order chi connectivity index (χ0) is 10.9. The van der Waals surface area contributed by atoms with Crippen LogP contribution in [0.2, 0.25) is 0 Å². The summed E-state index contributed by atoms with van der Waals surface area (Å²) in [6.45, 7) is 11.2. The summed E-state index contributed by atoms with van der Waals surface area (Å²) in [5.41, 5.74) is 0. The molecule has 0 unspecified atom stereocenters. The van der Waals surface area contributed by atoms with Crippen LogP contribution in [0.1, 0.15) is 0 Å². The number of hydrogen-bond donors (Lipinski definition) is 0. The van der Waals surface area contributed by atoms with E-state index in [-0.39, 0.29) is 2.08 Å². The van der Waals surface area contributed by atoms with Gasteiger partial charge < -0.3 is 0 Å². The zero-order valence-electron chi connectivity index (χ0n) is 8.70. The topological polar surface area (TPSA) is 0 Å². The van der Waals surface area contributed by atoms with Crippen LogP contribution in [-0.2, 0) is 0 Å². The molecule has 74 valence electrons. The summed E-state index contributed by atoms with van der Waals surface area (Å²) in [4.78, 5) is 0. The third kappa shape index (κ3) is 7.20. The van der Waals surface area contributed by atoms with Gasteiger partial charge in [0, 0.05) is 0 Å². The van der Waals surface area contributed by atoms with Gasteiger partial charge in [0.25, 0.3) is 0 Å². The van der Waals surface area contributed by atoms with Crippen molar-refractivity contribution in [3.05, 3.63) is 38.0 Å². The van der Waals surface area contributed by atoms with Crippen LogP contribution in [-0.4, -0.2) is 37.1 Å². The first kappa shape index (κ1) is 14.9. The Kier molecular flexibility index (Phi) is 9.68. The molecule has 0 aromatic heterocycles. The van der Waals surface area contributed by atoms with Crippen LogP contribution in [0, 0.1) is 0 Å². The molecule has 14 heavy (non-hydrogen) atoms. The Morgan fingerprint density at radius 2 is 1.14 bits per heavy atom. The third-order valence-corrected chi connectivity index (χ3v) is 6.29. The van der Waals surface area contributed by atoms with Crippen molar-refractivity contribution in [1.29, 1.82) is 0 Å². The van der Waals surface area contributed by atoms with Crippen LogP contribution in [0.3, 0.4) is 0 Å². The normalized spacial score (nSPS) is 11.0.